The van der Waals surface area contributed by atoms with Gasteiger partial charge in [0.05, 0.1) is 17.7 Å². The summed E-state index contributed by atoms with van der Waals surface area (Å²) < 4.78 is 5.73. The first-order valence-electron chi connectivity index (χ1n) is 10.5. The van der Waals surface area contributed by atoms with E-state index >= 15 is 0 Å². The second kappa shape index (κ2) is 9.75. The number of aryl methyl sites for hydroxylation is 1. The third-order valence-corrected chi connectivity index (χ3v) is 6.35. The van der Waals surface area contributed by atoms with Crippen LogP contribution >= 0.6 is 11.3 Å². The fraction of sp³-hybridized carbons (Fsp3) is 0.292. The molecule has 0 spiro atoms. The van der Waals surface area contributed by atoms with Gasteiger partial charge in [-0.2, -0.15) is 0 Å². The number of nitrogens with one attached hydrogen (secondary N) is 2. The molecule has 2 aromatic heterocycles. The Hall–Kier alpha value is -3.19. The van der Waals surface area contributed by atoms with Crippen LogP contribution in [0.15, 0.2) is 48.8 Å². The molecule has 0 fully saturated rings. The van der Waals surface area contributed by atoms with E-state index in [2.05, 4.69) is 15.6 Å². The first kappa shape index (κ1) is 21.1. The number of amides is 2. The topological polar surface area (TPSA) is 80.3 Å². The summed E-state index contributed by atoms with van der Waals surface area (Å²) in [6, 6.07) is 10.9. The van der Waals surface area contributed by atoms with Gasteiger partial charge in [-0.15, -0.1) is 11.3 Å². The summed E-state index contributed by atoms with van der Waals surface area (Å²) in [6.45, 7) is 2.95. The number of hydrogen-bond donors (Lipinski definition) is 2. The van der Waals surface area contributed by atoms with E-state index < -0.39 is 0 Å². The van der Waals surface area contributed by atoms with Crippen LogP contribution < -0.4 is 15.4 Å². The van der Waals surface area contributed by atoms with Gasteiger partial charge in [-0.25, -0.2) is 0 Å². The SMILES string of the molecule is CCCOc1ccccc1C(=O)Nc1sc2c(c1C(=O)NCc1cccnc1)CCC2. The highest BCUT2D eigenvalue weighted by Gasteiger charge is 2.28. The van der Waals surface area contributed by atoms with E-state index in [-0.39, 0.29) is 11.8 Å². The van der Waals surface area contributed by atoms with Crippen molar-refractivity contribution in [3.8, 4) is 5.75 Å². The molecular formula is C24H25N3O3S. The summed E-state index contributed by atoms with van der Waals surface area (Å²) in [5, 5.41) is 6.55. The highest BCUT2D eigenvalue weighted by atomic mass is 32.1. The number of fused-ring (bicyclic) bond motifs is 1. The Labute approximate surface area is 185 Å². The van der Waals surface area contributed by atoms with Gasteiger partial charge in [-0.1, -0.05) is 25.1 Å². The number of anilines is 1. The van der Waals surface area contributed by atoms with Gasteiger partial charge in [-0.05, 0) is 55.0 Å². The summed E-state index contributed by atoms with van der Waals surface area (Å²) in [7, 11) is 0. The van der Waals surface area contributed by atoms with E-state index in [1.165, 1.54) is 16.2 Å². The Morgan fingerprint density at radius 3 is 2.81 bits per heavy atom. The lowest BCUT2D eigenvalue weighted by atomic mass is 10.1. The molecule has 0 radical (unpaired) electrons. The fourth-order valence-electron chi connectivity index (χ4n) is 3.67. The highest BCUT2D eigenvalue weighted by Crippen LogP contribution is 2.39. The van der Waals surface area contributed by atoms with Gasteiger partial charge in [0.1, 0.15) is 10.8 Å². The predicted molar refractivity (Wildman–Crippen MR) is 122 cm³/mol. The average Bonchev–Trinajstić information content (AvgIpc) is 3.38. The average molecular weight is 436 g/mol. The summed E-state index contributed by atoms with van der Waals surface area (Å²) in [5.41, 5.74) is 3.03. The van der Waals surface area contributed by atoms with Crippen molar-refractivity contribution in [3.63, 3.8) is 0 Å². The Morgan fingerprint density at radius 2 is 2.00 bits per heavy atom. The number of carbonyl (C=O) groups excluding carboxylic acids is 2. The van der Waals surface area contributed by atoms with Crippen LogP contribution in [-0.2, 0) is 19.4 Å². The van der Waals surface area contributed by atoms with Crippen LogP contribution in [0.1, 0.15) is 56.5 Å². The molecule has 0 unspecified atom stereocenters. The molecule has 2 heterocycles. The molecule has 4 rings (SSSR count). The van der Waals surface area contributed by atoms with Crippen molar-refractivity contribution in [2.75, 3.05) is 11.9 Å². The molecule has 2 N–H and O–H groups in total. The number of pyridine rings is 1. The zero-order chi connectivity index (χ0) is 21.6. The standard InChI is InChI=1S/C24H25N3O3S/c1-2-13-30-19-10-4-3-8-17(19)22(28)27-24-21(18-9-5-11-20(18)31-24)23(29)26-15-16-7-6-12-25-14-16/h3-4,6-8,10,12,14H,2,5,9,11,13,15H2,1H3,(H,26,29)(H,27,28). The van der Waals surface area contributed by atoms with E-state index in [9.17, 15) is 9.59 Å². The Balaban J connectivity index is 1.55. The van der Waals surface area contributed by atoms with E-state index in [0.717, 1.165) is 36.8 Å². The van der Waals surface area contributed by atoms with Gasteiger partial charge in [0.2, 0.25) is 0 Å². The Bertz CT molecular complexity index is 1080. The monoisotopic (exact) mass is 435 g/mol. The lowest BCUT2D eigenvalue weighted by molar-refractivity contribution is 0.0951. The molecule has 6 nitrogen and oxygen atoms in total. The number of thiophene rings is 1. The molecule has 3 aromatic rings. The maximum absolute atomic E-state index is 13.1. The first-order chi connectivity index (χ1) is 15.2. The van der Waals surface area contributed by atoms with Gasteiger partial charge in [-0.3, -0.25) is 14.6 Å². The molecule has 0 atom stereocenters. The van der Waals surface area contributed by atoms with E-state index in [0.29, 0.717) is 35.0 Å². The minimum Gasteiger partial charge on any atom is -0.493 e. The van der Waals surface area contributed by atoms with Crippen molar-refractivity contribution < 1.29 is 14.3 Å². The molecule has 31 heavy (non-hydrogen) atoms. The molecule has 0 bridgehead atoms. The maximum Gasteiger partial charge on any atom is 0.260 e. The molecule has 1 aromatic carbocycles. The minimum absolute atomic E-state index is 0.172. The number of hydrogen-bond acceptors (Lipinski definition) is 5. The van der Waals surface area contributed by atoms with Crippen molar-refractivity contribution in [1.82, 2.24) is 10.3 Å². The van der Waals surface area contributed by atoms with Gasteiger partial charge in [0, 0.05) is 23.8 Å². The van der Waals surface area contributed by atoms with Gasteiger partial charge >= 0.3 is 0 Å². The second-order valence-electron chi connectivity index (χ2n) is 7.40. The zero-order valence-corrected chi connectivity index (χ0v) is 18.3. The molecule has 0 saturated heterocycles. The van der Waals surface area contributed by atoms with Crippen molar-refractivity contribution in [2.45, 2.75) is 39.2 Å². The highest BCUT2D eigenvalue weighted by molar-refractivity contribution is 7.17. The third kappa shape index (κ3) is 4.77. The molecular weight excluding hydrogens is 410 g/mol. The van der Waals surface area contributed by atoms with Crippen LogP contribution in [-0.4, -0.2) is 23.4 Å². The Morgan fingerprint density at radius 1 is 1.13 bits per heavy atom. The normalized spacial score (nSPS) is 12.3. The van der Waals surface area contributed by atoms with E-state index in [1.54, 1.807) is 24.5 Å². The smallest absolute Gasteiger partial charge is 0.260 e. The largest absolute Gasteiger partial charge is 0.493 e. The van der Waals surface area contributed by atoms with Crippen LogP contribution in [0.25, 0.3) is 0 Å². The predicted octanol–water partition coefficient (Wildman–Crippen LogP) is 4.60. The lowest BCUT2D eigenvalue weighted by Crippen LogP contribution is -2.25. The molecule has 1 aliphatic carbocycles. The number of rotatable bonds is 8. The molecule has 0 saturated carbocycles. The number of benzene rings is 1. The van der Waals surface area contributed by atoms with Crippen molar-refractivity contribution >= 4 is 28.2 Å². The van der Waals surface area contributed by atoms with Crippen LogP contribution in [0, 0.1) is 0 Å². The number of carbonyl (C=O) groups is 2. The van der Waals surface area contributed by atoms with Crippen molar-refractivity contribution in [1.29, 1.82) is 0 Å². The van der Waals surface area contributed by atoms with Gasteiger partial charge in [0.25, 0.3) is 11.8 Å². The van der Waals surface area contributed by atoms with Gasteiger partial charge < -0.3 is 15.4 Å². The van der Waals surface area contributed by atoms with Crippen LogP contribution in [0.2, 0.25) is 0 Å². The summed E-state index contributed by atoms with van der Waals surface area (Å²) in [5.74, 6) is 0.107. The molecule has 0 aliphatic heterocycles. The van der Waals surface area contributed by atoms with Crippen LogP contribution in [0.4, 0.5) is 5.00 Å². The number of para-hydroxylation sites is 1. The lowest BCUT2D eigenvalue weighted by Gasteiger charge is -2.12. The van der Waals surface area contributed by atoms with Crippen molar-refractivity contribution in [3.05, 3.63) is 75.9 Å². The Kier molecular flexibility index (Phi) is 6.62. The molecule has 1 aliphatic rings. The summed E-state index contributed by atoms with van der Waals surface area (Å²) in [4.78, 5) is 31.4. The first-order valence-corrected chi connectivity index (χ1v) is 11.3. The van der Waals surface area contributed by atoms with Gasteiger partial charge in [0.15, 0.2) is 0 Å². The second-order valence-corrected chi connectivity index (χ2v) is 8.51. The van der Waals surface area contributed by atoms with Crippen LogP contribution in [0.3, 0.4) is 0 Å². The zero-order valence-electron chi connectivity index (χ0n) is 17.4. The minimum atomic E-state index is -0.270. The third-order valence-electron chi connectivity index (χ3n) is 5.14. The summed E-state index contributed by atoms with van der Waals surface area (Å²) >= 11 is 1.50. The summed E-state index contributed by atoms with van der Waals surface area (Å²) in [6.07, 6.45) is 7.12. The maximum atomic E-state index is 13.1. The number of aromatic nitrogens is 1. The molecule has 7 heteroatoms. The van der Waals surface area contributed by atoms with Crippen molar-refractivity contribution in [2.24, 2.45) is 0 Å². The molecule has 2 amide bonds. The van der Waals surface area contributed by atoms with E-state index in [1.807, 2.05) is 31.2 Å². The van der Waals surface area contributed by atoms with E-state index in [4.69, 9.17) is 4.74 Å². The molecule has 160 valence electrons. The quantitative estimate of drug-likeness (QED) is 0.542. The fourth-order valence-corrected chi connectivity index (χ4v) is 4.95. The van der Waals surface area contributed by atoms with Crippen LogP contribution in [0.5, 0.6) is 5.75 Å². The number of nitrogens with zero attached hydrogens (tertiary/aromatic N) is 1. The number of ether oxygens (including phenoxy) is 1.